The highest BCUT2D eigenvalue weighted by Gasteiger charge is 2.13. The van der Waals surface area contributed by atoms with Crippen LogP contribution in [0.1, 0.15) is 33.1 Å². The number of carbonyl (C=O) groups is 1. The van der Waals surface area contributed by atoms with Gasteiger partial charge in [-0.15, -0.1) is 0 Å². The van der Waals surface area contributed by atoms with E-state index >= 15 is 0 Å². The van der Waals surface area contributed by atoms with E-state index in [1.165, 1.54) is 0 Å². The Morgan fingerprint density at radius 1 is 1.33 bits per heavy atom. The van der Waals surface area contributed by atoms with Crippen LogP contribution in [0.25, 0.3) is 0 Å². The van der Waals surface area contributed by atoms with Crippen molar-refractivity contribution in [2.45, 2.75) is 39.2 Å². The fourth-order valence-electron chi connectivity index (χ4n) is 1.53. The van der Waals surface area contributed by atoms with Crippen LogP contribution in [0.3, 0.4) is 0 Å². The van der Waals surface area contributed by atoms with E-state index in [1.54, 1.807) is 31.2 Å². The first-order valence-corrected chi connectivity index (χ1v) is 6.43. The largest absolute Gasteiger partial charge is 0.481 e. The Morgan fingerprint density at radius 2 is 2.00 bits per heavy atom. The lowest BCUT2D eigenvalue weighted by atomic mass is 10.2. The zero-order valence-corrected chi connectivity index (χ0v) is 11.1. The van der Waals surface area contributed by atoms with E-state index in [-0.39, 0.29) is 5.91 Å². The van der Waals surface area contributed by atoms with Crippen molar-refractivity contribution in [1.82, 2.24) is 5.32 Å². The molecule has 0 heterocycles. The summed E-state index contributed by atoms with van der Waals surface area (Å²) >= 11 is 0. The van der Waals surface area contributed by atoms with E-state index in [2.05, 4.69) is 12.2 Å². The average molecular weight is 250 g/mol. The average Bonchev–Trinajstić information content (AvgIpc) is 2.37. The normalized spacial score (nSPS) is 11.9. The number of anilines is 1. The Bertz CT molecular complexity index is 363. The second kappa shape index (κ2) is 7.58. The lowest BCUT2D eigenvalue weighted by molar-refractivity contribution is -0.127. The molecule has 1 rings (SSSR count). The first kappa shape index (κ1) is 14.4. The van der Waals surface area contributed by atoms with E-state index in [9.17, 15) is 4.79 Å². The van der Waals surface area contributed by atoms with Gasteiger partial charge in [0.15, 0.2) is 6.10 Å². The predicted molar refractivity (Wildman–Crippen MR) is 73.5 cm³/mol. The minimum absolute atomic E-state index is 0.0806. The Hall–Kier alpha value is -1.71. The molecule has 1 atom stereocenters. The van der Waals surface area contributed by atoms with Crippen molar-refractivity contribution < 1.29 is 9.53 Å². The van der Waals surface area contributed by atoms with Crippen molar-refractivity contribution in [3.8, 4) is 5.75 Å². The van der Waals surface area contributed by atoms with Crippen molar-refractivity contribution in [3.05, 3.63) is 24.3 Å². The molecule has 1 unspecified atom stereocenters. The molecule has 0 aliphatic heterocycles. The molecule has 0 aliphatic carbocycles. The number of unbranched alkanes of at least 4 members (excludes halogenated alkanes) is 2. The third-order valence-electron chi connectivity index (χ3n) is 2.64. The SMILES string of the molecule is CCCCCNC(=O)C(C)Oc1ccc(N)cc1. The smallest absolute Gasteiger partial charge is 0.260 e. The van der Waals surface area contributed by atoms with Gasteiger partial charge in [0.25, 0.3) is 5.91 Å². The summed E-state index contributed by atoms with van der Waals surface area (Å²) < 4.78 is 5.52. The number of amides is 1. The molecule has 0 saturated carbocycles. The third-order valence-corrected chi connectivity index (χ3v) is 2.64. The monoisotopic (exact) mass is 250 g/mol. The van der Waals surface area contributed by atoms with Gasteiger partial charge in [0, 0.05) is 12.2 Å². The van der Waals surface area contributed by atoms with E-state index in [0.717, 1.165) is 19.3 Å². The highest BCUT2D eigenvalue weighted by Crippen LogP contribution is 2.14. The number of benzene rings is 1. The van der Waals surface area contributed by atoms with Crippen molar-refractivity contribution in [2.24, 2.45) is 0 Å². The second-order valence-corrected chi connectivity index (χ2v) is 4.33. The first-order valence-electron chi connectivity index (χ1n) is 6.43. The molecule has 4 nitrogen and oxygen atoms in total. The van der Waals surface area contributed by atoms with Gasteiger partial charge in [-0.3, -0.25) is 4.79 Å². The van der Waals surface area contributed by atoms with Gasteiger partial charge in [0.05, 0.1) is 0 Å². The molecule has 100 valence electrons. The summed E-state index contributed by atoms with van der Waals surface area (Å²) in [6.45, 7) is 4.59. The number of hydrogen-bond donors (Lipinski definition) is 2. The first-order chi connectivity index (χ1) is 8.63. The molecule has 18 heavy (non-hydrogen) atoms. The summed E-state index contributed by atoms with van der Waals surface area (Å²) in [5.41, 5.74) is 6.26. The van der Waals surface area contributed by atoms with Crippen LogP contribution in [0.4, 0.5) is 5.69 Å². The summed E-state index contributed by atoms with van der Waals surface area (Å²) in [4.78, 5) is 11.7. The number of hydrogen-bond acceptors (Lipinski definition) is 3. The van der Waals surface area contributed by atoms with Gasteiger partial charge in [-0.1, -0.05) is 19.8 Å². The fourth-order valence-corrected chi connectivity index (χ4v) is 1.53. The van der Waals surface area contributed by atoms with Gasteiger partial charge in [0.1, 0.15) is 5.75 Å². The Kier molecular flexibility index (Phi) is 6.05. The van der Waals surface area contributed by atoms with Gasteiger partial charge in [-0.05, 0) is 37.6 Å². The number of nitrogens with one attached hydrogen (secondary N) is 1. The molecule has 0 radical (unpaired) electrons. The van der Waals surface area contributed by atoms with Crippen LogP contribution in [-0.4, -0.2) is 18.6 Å². The number of nitrogens with two attached hydrogens (primary N) is 1. The highest BCUT2D eigenvalue weighted by molar-refractivity contribution is 5.80. The van der Waals surface area contributed by atoms with Crippen LogP contribution in [0.2, 0.25) is 0 Å². The van der Waals surface area contributed by atoms with E-state index < -0.39 is 6.10 Å². The van der Waals surface area contributed by atoms with Gasteiger partial charge in [-0.2, -0.15) is 0 Å². The summed E-state index contributed by atoms with van der Waals surface area (Å²) in [6.07, 6.45) is 2.80. The van der Waals surface area contributed by atoms with Crippen molar-refractivity contribution in [3.63, 3.8) is 0 Å². The molecule has 1 aromatic carbocycles. The molecule has 0 spiro atoms. The molecular formula is C14H22N2O2. The molecular weight excluding hydrogens is 228 g/mol. The highest BCUT2D eigenvalue weighted by atomic mass is 16.5. The minimum atomic E-state index is -0.491. The standard InChI is InChI=1S/C14H22N2O2/c1-3-4-5-10-16-14(17)11(2)18-13-8-6-12(15)7-9-13/h6-9,11H,3-5,10,15H2,1-2H3,(H,16,17). The fraction of sp³-hybridized carbons (Fsp3) is 0.500. The van der Waals surface area contributed by atoms with Gasteiger partial charge >= 0.3 is 0 Å². The molecule has 0 bridgehead atoms. The van der Waals surface area contributed by atoms with Crippen LogP contribution in [0, 0.1) is 0 Å². The molecule has 0 aromatic heterocycles. The number of nitrogen functional groups attached to an aromatic ring is 1. The van der Waals surface area contributed by atoms with Crippen LogP contribution in [0.15, 0.2) is 24.3 Å². The van der Waals surface area contributed by atoms with E-state index in [1.807, 2.05) is 0 Å². The molecule has 4 heteroatoms. The second-order valence-electron chi connectivity index (χ2n) is 4.33. The minimum Gasteiger partial charge on any atom is -0.481 e. The Balaban J connectivity index is 2.33. The zero-order valence-electron chi connectivity index (χ0n) is 11.1. The number of carbonyl (C=O) groups excluding carboxylic acids is 1. The van der Waals surface area contributed by atoms with E-state index in [4.69, 9.17) is 10.5 Å². The van der Waals surface area contributed by atoms with Crippen LogP contribution in [0.5, 0.6) is 5.75 Å². The quantitative estimate of drug-likeness (QED) is 0.576. The lowest BCUT2D eigenvalue weighted by Gasteiger charge is -2.14. The molecule has 0 aliphatic rings. The number of ether oxygens (including phenoxy) is 1. The Labute approximate surface area is 109 Å². The maximum absolute atomic E-state index is 11.7. The van der Waals surface area contributed by atoms with Crippen LogP contribution < -0.4 is 15.8 Å². The van der Waals surface area contributed by atoms with Gasteiger partial charge < -0.3 is 15.8 Å². The maximum Gasteiger partial charge on any atom is 0.260 e. The van der Waals surface area contributed by atoms with Crippen molar-refractivity contribution >= 4 is 11.6 Å². The molecule has 1 amide bonds. The summed E-state index contributed by atoms with van der Waals surface area (Å²) in [5.74, 6) is 0.573. The topological polar surface area (TPSA) is 64.3 Å². The van der Waals surface area contributed by atoms with Crippen LogP contribution >= 0.6 is 0 Å². The zero-order chi connectivity index (χ0) is 13.4. The molecule has 0 saturated heterocycles. The predicted octanol–water partition coefficient (Wildman–Crippen LogP) is 2.34. The van der Waals surface area contributed by atoms with Gasteiger partial charge in [0.2, 0.25) is 0 Å². The lowest BCUT2D eigenvalue weighted by Crippen LogP contribution is -2.36. The van der Waals surface area contributed by atoms with Crippen molar-refractivity contribution in [2.75, 3.05) is 12.3 Å². The number of rotatable bonds is 7. The summed E-state index contributed by atoms with van der Waals surface area (Å²) in [6, 6.07) is 7.02. The maximum atomic E-state index is 11.7. The van der Waals surface area contributed by atoms with Crippen LogP contribution in [-0.2, 0) is 4.79 Å². The Morgan fingerprint density at radius 3 is 2.61 bits per heavy atom. The van der Waals surface area contributed by atoms with Crippen molar-refractivity contribution in [1.29, 1.82) is 0 Å². The van der Waals surface area contributed by atoms with E-state index in [0.29, 0.717) is 18.0 Å². The van der Waals surface area contributed by atoms with Gasteiger partial charge in [-0.25, -0.2) is 0 Å². The third kappa shape index (κ3) is 5.08. The summed E-state index contributed by atoms with van der Waals surface area (Å²) in [5, 5.41) is 2.86. The molecule has 3 N–H and O–H groups in total. The summed E-state index contributed by atoms with van der Waals surface area (Å²) in [7, 11) is 0. The molecule has 0 fully saturated rings. The molecule has 1 aromatic rings.